The van der Waals surface area contributed by atoms with E-state index in [2.05, 4.69) is 22.9 Å². The summed E-state index contributed by atoms with van der Waals surface area (Å²) in [5.41, 5.74) is 0.749. The summed E-state index contributed by atoms with van der Waals surface area (Å²) in [6.07, 6.45) is 0. The Balaban J connectivity index is 2.96. The van der Waals surface area contributed by atoms with Crippen molar-refractivity contribution in [2.75, 3.05) is 6.54 Å². The molecule has 5 heteroatoms. The van der Waals surface area contributed by atoms with Crippen molar-refractivity contribution in [2.24, 2.45) is 0 Å². The third kappa shape index (κ3) is 3.15. The van der Waals surface area contributed by atoms with Gasteiger partial charge in [0, 0.05) is 46.5 Å². The molecule has 1 aromatic carbocycles. The minimum absolute atomic E-state index is 0.117. The fourth-order valence-electron chi connectivity index (χ4n) is 1.04. The van der Waals surface area contributed by atoms with E-state index in [1.807, 2.05) is 10.0 Å². The van der Waals surface area contributed by atoms with Gasteiger partial charge in [-0.1, -0.05) is 30.1 Å². The topological polar surface area (TPSA) is 23.5 Å². The van der Waals surface area contributed by atoms with Crippen LogP contribution >= 0.6 is 46.1 Å². The predicted octanol–water partition coefficient (Wildman–Crippen LogP) is 3.87. The van der Waals surface area contributed by atoms with Crippen molar-refractivity contribution in [2.45, 2.75) is 13.5 Å². The first-order valence-corrected chi connectivity index (χ1v) is 5.84. The summed E-state index contributed by atoms with van der Waals surface area (Å²) in [7, 11) is 0. The highest BCUT2D eigenvalue weighted by atomic mass is 127. The first kappa shape index (κ1) is 12.4. The summed E-state index contributed by atoms with van der Waals surface area (Å²) in [6, 6.07) is 3.26. The van der Waals surface area contributed by atoms with Crippen molar-refractivity contribution in [1.29, 1.82) is 0 Å². The molecule has 2 nitrogen and oxygen atoms in total. The molecule has 78 valence electrons. The number of rotatable bonds is 3. The number of aromatic hydroxyl groups is 1. The van der Waals surface area contributed by atoms with Gasteiger partial charge in [-0.15, -0.1) is 0 Å². The predicted molar refractivity (Wildman–Crippen MR) is 68.2 cm³/mol. The van der Waals surface area contributed by atoms with Gasteiger partial charge in [0.25, 0.3) is 0 Å². The molecule has 1 rings (SSSR count). The molecule has 0 saturated heterocycles. The Morgan fingerprint density at radius 1 is 1.43 bits per heavy atom. The molecule has 0 saturated carbocycles. The van der Waals surface area contributed by atoms with E-state index in [0.717, 1.165) is 12.1 Å². The van der Waals surface area contributed by atoms with Crippen molar-refractivity contribution in [1.82, 2.24) is 3.11 Å². The van der Waals surface area contributed by atoms with Gasteiger partial charge >= 0.3 is 0 Å². The lowest BCUT2D eigenvalue weighted by atomic mass is 10.2. The number of halogens is 3. The lowest BCUT2D eigenvalue weighted by Crippen LogP contribution is -2.09. The van der Waals surface area contributed by atoms with Gasteiger partial charge in [0.1, 0.15) is 5.75 Å². The molecule has 0 aliphatic carbocycles. The molecule has 0 bridgehead atoms. The van der Waals surface area contributed by atoms with Crippen LogP contribution < -0.4 is 0 Å². The van der Waals surface area contributed by atoms with E-state index in [0.29, 0.717) is 16.6 Å². The van der Waals surface area contributed by atoms with Crippen LogP contribution in [0.15, 0.2) is 12.1 Å². The molecular formula is C9H10Cl2INO. The Labute approximate surface area is 107 Å². The standard InChI is InChI=1S/C9H10Cl2INO/c1-2-13(12)5-6-3-7(10)4-8(11)9(6)14/h3-4,14H,2,5H2,1H3. The van der Waals surface area contributed by atoms with Crippen LogP contribution in [0.3, 0.4) is 0 Å². The van der Waals surface area contributed by atoms with E-state index in [9.17, 15) is 5.11 Å². The zero-order chi connectivity index (χ0) is 10.7. The molecule has 0 atom stereocenters. The smallest absolute Gasteiger partial charge is 0.138 e. The van der Waals surface area contributed by atoms with E-state index in [-0.39, 0.29) is 5.75 Å². The van der Waals surface area contributed by atoms with E-state index in [4.69, 9.17) is 23.2 Å². The Kier molecular flexibility index (Phi) is 4.76. The molecule has 1 aromatic rings. The van der Waals surface area contributed by atoms with Crippen molar-refractivity contribution < 1.29 is 5.11 Å². The van der Waals surface area contributed by atoms with Crippen LogP contribution in [-0.2, 0) is 6.54 Å². The first-order valence-electron chi connectivity index (χ1n) is 4.12. The molecule has 0 amide bonds. The minimum atomic E-state index is 0.117. The lowest BCUT2D eigenvalue weighted by molar-refractivity contribution is 0.451. The van der Waals surface area contributed by atoms with Gasteiger partial charge in [0.2, 0.25) is 0 Å². The summed E-state index contributed by atoms with van der Waals surface area (Å²) < 4.78 is 2.03. The van der Waals surface area contributed by atoms with Crippen LogP contribution in [0.1, 0.15) is 12.5 Å². The van der Waals surface area contributed by atoms with E-state index in [1.54, 1.807) is 6.07 Å². The SMILES string of the molecule is CCN(I)Cc1cc(Cl)cc(Cl)c1O. The van der Waals surface area contributed by atoms with Gasteiger partial charge in [-0.25, -0.2) is 3.11 Å². The second kappa shape index (κ2) is 5.39. The van der Waals surface area contributed by atoms with Crippen molar-refractivity contribution in [3.63, 3.8) is 0 Å². The maximum absolute atomic E-state index is 9.65. The largest absolute Gasteiger partial charge is 0.506 e. The molecule has 1 N–H and O–H groups in total. The monoisotopic (exact) mass is 345 g/mol. The molecule has 0 heterocycles. The van der Waals surface area contributed by atoms with Crippen LogP contribution in [-0.4, -0.2) is 14.8 Å². The molecule has 0 unspecified atom stereocenters. The number of benzene rings is 1. The maximum atomic E-state index is 9.65. The average molecular weight is 346 g/mol. The van der Waals surface area contributed by atoms with Gasteiger partial charge in [0.05, 0.1) is 5.02 Å². The van der Waals surface area contributed by atoms with Crippen LogP contribution in [0.2, 0.25) is 10.0 Å². The fourth-order valence-corrected chi connectivity index (χ4v) is 1.94. The van der Waals surface area contributed by atoms with E-state index >= 15 is 0 Å². The summed E-state index contributed by atoms with van der Waals surface area (Å²) in [5, 5.41) is 10.5. The Morgan fingerprint density at radius 3 is 2.64 bits per heavy atom. The molecular weight excluding hydrogens is 336 g/mol. The summed E-state index contributed by atoms with van der Waals surface area (Å²) in [6.45, 7) is 3.56. The average Bonchev–Trinajstić information content (AvgIpc) is 2.13. The van der Waals surface area contributed by atoms with Gasteiger partial charge in [0.15, 0.2) is 0 Å². The van der Waals surface area contributed by atoms with Gasteiger partial charge in [-0.3, -0.25) is 0 Å². The number of phenolic OH excluding ortho intramolecular Hbond substituents is 1. The highest BCUT2D eigenvalue weighted by Crippen LogP contribution is 2.32. The quantitative estimate of drug-likeness (QED) is 0.664. The number of hydrogen-bond donors (Lipinski definition) is 1. The third-order valence-electron chi connectivity index (χ3n) is 1.79. The third-order valence-corrected chi connectivity index (χ3v) is 3.32. The van der Waals surface area contributed by atoms with Crippen LogP contribution in [0.5, 0.6) is 5.75 Å². The first-order chi connectivity index (χ1) is 6.54. The van der Waals surface area contributed by atoms with Crippen LogP contribution in [0.4, 0.5) is 0 Å². The summed E-state index contributed by atoms with van der Waals surface area (Å²) in [5.74, 6) is 0.117. The van der Waals surface area contributed by atoms with Crippen molar-refractivity contribution >= 4 is 46.1 Å². The fraction of sp³-hybridized carbons (Fsp3) is 0.333. The van der Waals surface area contributed by atoms with Crippen molar-refractivity contribution in [3.05, 3.63) is 27.7 Å². The molecule has 0 radical (unpaired) electrons. The lowest BCUT2D eigenvalue weighted by Gasteiger charge is -2.13. The van der Waals surface area contributed by atoms with E-state index in [1.165, 1.54) is 6.07 Å². The normalized spacial score (nSPS) is 10.9. The van der Waals surface area contributed by atoms with Crippen LogP contribution in [0.25, 0.3) is 0 Å². The second-order valence-electron chi connectivity index (χ2n) is 2.83. The highest BCUT2D eigenvalue weighted by molar-refractivity contribution is 14.1. The maximum Gasteiger partial charge on any atom is 0.138 e. The summed E-state index contributed by atoms with van der Waals surface area (Å²) in [4.78, 5) is 0. The Hall–Kier alpha value is 0.290. The number of phenols is 1. The highest BCUT2D eigenvalue weighted by Gasteiger charge is 2.09. The second-order valence-corrected chi connectivity index (χ2v) is 5.04. The van der Waals surface area contributed by atoms with Crippen LogP contribution in [0, 0.1) is 0 Å². The zero-order valence-corrected chi connectivity index (χ0v) is 11.3. The molecule has 0 aliphatic rings. The Bertz CT molecular complexity index is 333. The zero-order valence-electron chi connectivity index (χ0n) is 7.60. The van der Waals surface area contributed by atoms with Gasteiger partial charge < -0.3 is 5.11 Å². The minimum Gasteiger partial charge on any atom is -0.506 e. The Morgan fingerprint density at radius 2 is 2.07 bits per heavy atom. The summed E-state index contributed by atoms with van der Waals surface area (Å²) >= 11 is 13.8. The molecule has 0 aliphatic heterocycles. The number of nitrogens with zero attached hydrogens (tertiary/aromatic N) is 1. The van der Waals surface area contributed by atoms with Crippen molar-refractivity contribution in [3.8, 4) is 5.75 Å². The molecule has 14 heavy (non-hydrogen) atoms. The molecule has 0 fully saturated rings. The molecule has 0 aromatic heterocycles. The van der Waals surface area contributed by atoms with E-state index < -0.39 is 0 Å². The molecule has 0 spiro atoms. The number of hydrogen-bond acceptors (Lipinski definition) is 2. The van der Waals surface area contributed by atoms with Gasteiger partial charge in [-0.2, -0.15) is 0 Å². The van der Waals surface area contributed by atoms with Gasteiger partial charge in [-0.05, 0) is 12.1 Å².